The van der Waals surface area contributed by atoms with Gasteiger partial charge in [0.2, 0.25) is 12.7 Å². The van der Waals surface area contributed by atoms with Crippen molar-refractivity contribution in [3.05, 3.63) is 83.4 Å². The standard InChI is InChI=1S/C29H28N2O6/c1-18(2)20-5-9-22(10-6-20)31-27(32)15-24(29(31)34)30(28(33)21-7-11-23(35-3)12-8-21)16-19-4-13-25-26(14-19)37-17-36-25/h4-14,18,24H,15-17H2,1-3H3. The predicted molar refractivity (Wildman–Crippen MR) is 137 cm³/mol. The Balaban J connectivity index is 1.47. The highest BCUT2D eigenvalue weighted by molar-refractivity contribution is 6.23. The Morgan fingerprint density at radius 3 is 2.38 bits per heavy atom. The second kappa shape index (κ2) is 9.97. The molecule has 3 amide bonds. The number of rotatable bonds is 7. The first-order valence-corrected chi connectivity index (χ1v) is 12.2. The zero-order chi connectivity index (χ0) is 26.1. The molecule has 3 aromatic carbocycles. The van der Waals surface area contributed by atoms with Gasteiger partial charge in [-0.3, -0.25) is 14.4 Å². The van der Waals surface area contributed by atoms with Crippen molar-refractivity contribution in [3.8, 4) is 17.2 Å². The third-order valence-corrected chi connectivity index (χ3v) is 6.70. The fourth-order valence-corrected chi connectivity index (χ4v) is 4.60. The summed E-state index contributed by atoms with van der Waals surface area (Å²) in [5.41, 5.74) is 2.76. The SMILES string of the molecule is COc1ccc(C(=O)N(Cc2ccc3c(c2)OCO3)C2CC(=O)N(c3ccc(C(C)C)cc3)C2=O)cc1. The van der Waals surface area contributed by atoms with E-state index < -0.39 is 11.9 Å². The second-order valence-corrected chi connectivity index (χ2v) is 9.38. The number of nitrogens with zero attached hydrogens (tertiary/aromatic N) is 2. The van der Waals surface area contributed by atoms with E-state index in [9.17, 15) is 14.4 Å². The van der Waals surface area contributed by atoms with Crippen molar-refractivity contribution in [2.45, 2.75) is 38.8 Å². The summed E-state index contributed by atoms with van der Waals surface area (Å²) in [5.74, 6) is 1.02. The van der Waals surface area contributed by atoms with Gasteiger partial charge in [-0.15, -0.1) is 0 Å². The molecule has 1 unspecified atom stereocenters. The predicted octanol–water partition coefficient (Wildman–Crippen LogP) is 4.52. The summed E-state index contributed by atoms with van der Waals surface area (Å²) >= 11 is 0. The van der Waals surface area contributed by atoms with Crippen molar-refractivity contribution in [2.75, 3.05) is 18.8 Å². The first-order chi connectivity index (χ1) is 17.9. The van der Waals surface area contributed by atoms with Crippen LogP contribution in [0.1, 0.15) is 47.7 Å². The molecule has 0 aromatic heterocycles. The number of benzene rings is 3. The monoisotopic (exact) mass is 500 g/mol. The average molecular weight is 501 g/mol. The Kier molecular flexibility index (Phi) is 6.56. The number of anilines is 1. The van der Waals surface area contributed by atoms with Crippen molar-refractivity contribution in [1.29, 1.82) is 0 Å². The van der Waals surface area contributed by atoms with Crippen molar-refractivity contribution in [1.82, 2.24) is 4.90 Å². The highest BCUT2D eigenvalue weighted by atomic mass is 16.7. The molecular formula is C29H28N2O6. The van der Waals surface area contributed by atoms with E-state index in [1.165, 1.54) is 9.80 Å². The first kappa shape index (κ1) is 24.4. The van der Waals surface area contributed by atoms with Gasteiger partial charge in [-0.2, -0.15) is 0 Å². The molecule has 0 radical (unpaired) electrons. The number of fused-ring (bicyclic) bond motifs is 1. The summed E-state index contributed by atoms with van der Waals surface area (Å²) in [6.45, 7) is 4.41. The normalized spacial score (nSPS) is 16.4. The van der Waals surface area contributed by atoms with Crippen LogP contribution >= 0.6 is 0 Å². The Labute approximate surface area is 215 Å². The fourth-order valence-electron chi connectivity index (χ4n) is 4.60. The van der Waals surface area contributed by atoms with Crippen molar-refractivity contribution in [3.63, 3.8) is 0 Å². The van der Waals surface area contributed by atoms with Crippen LogP contribution in [-0.2, 0) is 16.1 Å². The van der Waals surface area contributed by atoms with Gasteiger partial charge in [0.25, 0.3) is 11.8 Å². The van der Waals surface area contributed by atoms with E-state index in [1.54, 1.807) is 55.6 Å². The fraction of sp³-hybridized carbons (Fsp3) is 0.276. The van der Waals surface area contributed by atoms with E-state index in [0.29, 0.717) is 34.4 Å². The minimum Gasteiger partial charge on any atom is -0.497 e. The molecule has 37 heavy (non-hydrogen) atoms. The van der Waals surface area contributed by atoms with Gasteiger partial charge in [0.1, 0.15) is 11.8 Å². The van der Waals surface area contributed by atoms with Crippen LogP contribution in [0.2, 0.25) is 0 Å². The van der Waals surface area contributed by atoms with Crippen LogP contribution in [0.3, 0.4) is 0 Å². The number of hydrogen-bond donors (Lipinski definition) is 0. The molecule has 8 heteroatoms. The van der Waals surface area contributed by atoms with E-state index in [0.717, 1.165) is 11.1 Å². The topological polar surface area (TPSA) is 85.4 Å². The summed E-state index contributed by atoms with van der Waals surface area (Å²) in [5, 5.41) is 0. The molecule has 190 valence electrons. The van der Waals surface area contributed by atoms with Crippen LogP contribution in [0.4, 0.5) is 5.69 Å². The molecule has 0 bridgehead atoms. The van der Waals surface area contributed by atoms with Crippen molar-refractivity contribution in [2.24, 2.45) is 0 Å². The van der Waals surface area contributed by atoms with Crippen LogP contribution in [0.15, 0.2) is 66.7 Å². The van der Waals surface area contributed by atoms with Gasteiger partial charge in [0.05, 0.1) is 19.2 Å². The Morgan fingerprint density at radius 1 is 1.00 bits per heavy atom. The lowest BCUT2D eigenvalue weighted by molar-refractivity contribution is -0.122. The van der Waals surface area contributed by atoms with Gasteiger partial charge in [0.15, 0.2) is 11.5 Å². The maximum atomic E-state index is 13.7. The molecule has 0 spiro atoms. The number of ether oxygens (including phenoxy) is 3. The zero-order valence-electron chi connectivity index (χ0n) is 21.0. The van der Waals surface area contributed by atoms with E-state index in [4.69, 9.17) is 14.2 Å². The van der Waals surface area contributed by atoms with Crippen LogP contribution in [0, 0.1) is 0 Å². The molecule has 2 aliphatic heterocycles. The summed E-state index contributed by atoms with van der Waals surface area (Å²) in [6, 6.07) is 18.5. The lowest BCUT2D eigenvalue weighted by Crippen LogP contribution is -2.45. The number of amides is 3. The largest absolute Gasteiger partial charge is 0.497 e. The molecule has 1 fully saturated rings. The summed E-state index contributed by atoms with van der Waals surface area (Å²) < 4.78 is 16.1. The summed E-state index contributed by atoms with van der Waals surface area (Å²) in [4.78, 5) is 43.1. The summed E-state index contributed by atoms with van der Waals surface area (Å²) in [7, 11) is 1.55. The van der Waals surface area contributed by atoms with E-state index in [1.807, 2.05) is 18.2 Å². The van der Waals surface area contributed by atoms with Gasteiger partial charge >= 0.3 is 0 Å². The van der Waals surface area contributed by atoms with Crippen LogP contribution in [0.25, 0.3) is 0 Å². The molecule has 1 atom stereocenters. The van der Waals surface area contributed by atoms with Gasteiger partial charge in [-0.1, -0.05) is 32.0 Å². The molecule has 2 aliphatic rings. The molecule has 5 rings (SSSR count). The van der Waals surface area contributed by atoms with Gasteiger partial charge < -0.3 is 19.1 Å². The van der Waals surface area contributed by atoms with Gasteiger partial charge in [-0.05, 0) is 65.6 Å². The maximum Gasteiger partial charge on any atom is 0.257 e. The van der Waals surface area contributed by atoms with E-state index in [-0.39, 0.29) is 31.6 Å². The molecule has 0 aliphatic carbocycles. The van der Waals surface area contributed by atoms with Crippen molar-refractivity contribution < 1.29 is 28.6 Å². The molecule has 0 N–H and O–H groups in total. The second-order valence-electron chi connectivity index (χ2n) is 9.38. The molecule has 8 nitrogen and oxygen atoms in total. The Morgan fingerprint density at radius 2 is 1.70 bits per heavy atom. The molecule has 0 saturated carbocycles. The summed E-state index contributed by atoms with van der Waals surface area (Å²) in [6.07, 6.45) is -0.1000. The molecular weight excluding hydrogens is 472 g/mol. The highest BCUT2D eigenvalue weighted by Crippen LogP contribution is 2.34. The minimum atomic E-state index is -0.947. The average Bonchev–Trinajstić information content (AvgIpc) is 3.50. The van der Waals surface area contributed by atoms with Crippen LogP contribution in [0.5, 0.6) is 17.2 Å². The van der Waals surface area contributed by atoms with E-state index in [2.05, 4.69) is 13.8 Å². The first-order valence-electron chi connectivity index (χ1n) is 12.2. The lowest BCUT2D eigenvalue weighted by atomic mass is 10.0. The zero-order valence-corrected chi connectivity index (χ0v) is 21.0. The number of methoxy groups -OCH3 is 1. The third kappa shape index (κ3) is 4.74. The lowest BCUT2D eigenvalue weighted by Gasteiger charge is -2.28. The van der Waals surface area contributed by atoms with E-state index >= 15 is 0 Å². The van der Waals surface area contributed by atoms with Crippen LogP contribution in [-0.4, -0.2) is 42.6 Å². The highest BCUT2D eigenvalue weighted by Gasteiger charge is 2.44. The number of hydrogen-bond acceptors (Lipinski definition) is 6. The smallest absolute Gasteiger partial charge is 0.257 e. The number of carbonyl (C=O) groups is 3. The number of imide groups is 1. The number of carbonyl (C=O) groups excluding carboxylic acids is 3. The van der Waals surface area contributed by atoms with Crippen LogP contribution < -0.4 is 19.1 Å². The molecule has 1 saturated heterocycles. The third-order valence-electron chi connectivity index (χ3n) is 6.70. The van der Waals surface area contributed by atoms with Gasteiger partial charge in [-0.25, -0.2) is 4.90 Å². The quantitative estimate of drug-likeness (QED) is 0.444. The molecule has 3 aromatic rings. The Bertz CT molecular complexity index is 1330. The van der Waals surface area contributed by atoms with Crippen molar-refractivity contribution >= 4 is 23.4 Å². The van der Waals surface area contributed by atoms with Gasteiger partial charge in [0, 0.05) is 12.1 Å². The maximum absolute atomic E-state index is 13.7. The molecule has 2 heterocycles. The minimum absolute atomic E-state index is 0.1000. The Hall–Kier alpha value is -4.33.